The second kappa shape index (κ2) is 15.0. The predicted octanol–water partition coefficient (Wildman–Crippen LogP) is 1.69. The van der Waals surface area contributed by atoms with Crippen LogP contribution in [0.3, 0.4) is 0 Å². The minimum absolute atomic E-state index is 0.0137. The van der Waals surface area contributed by atoms with Crippen molar-refractivity contribution >= 4 is 35.5 Å². The maximum atomic E-state index is 12.5. The van der Waals surface area contributed by atoms with Crippen molar-refractivity contribution in [3.05, 3.63) is 29.8 Å². The average molecular weight is 554 g/mol. The van der Waals surface area contributed by atoms with Gasteiger partial charge in [-0.2, -0.15) is 0 Å². The molecule has 0 heterocycles. The van der Waals surface area contributed by atoms with E-state index in [0.29, 0.717) is 24.5 Å². The van der Waals surface area contributed by atoms with Crippen molar-refractivity contribution in [2.75, 3.05) is 25.1 Å². The molecule has 0 spiro atoms. The van der Waals surface area contributed by atoms with E-state index < -0.39 is 47.9 Å². The number of ether oxygens (including phenoxy) is 1. The second-order valence-electron chi connectivity index (χ2n) is 10.9. The summed E-state index contributed by atoms with van der Waals surface area (Å²) in [4.78, 5) is 58.2. The molecular formula is C26H39N3O10. The van der Waals surface area contributed by atoms with Gasteiger partial charge in [0.15, 0.2) is 0 Å². The molecule has 3 amide bonds. The molecule has 0 aliphatic carbocycles. The van der Waals surface area contributed by atoms with Gasteiger partial charge in [-0.05, 0) is 29.5 Å². The molecular weight excluding hydrogens is 514 g/mol. The minimum Gasteiger partial charge on any atom is -0.481 e. The summed E-state index contributed by atoms with van der Waals surface area (Å²) in [6, 6.07) is 2.40. The zero-order valence-electron chi connectivity index (χ0n) is 22.7. The number of carbonyl (C=O) groups is 5. The van der Waals surface area contributed by atoms with Gasteiger partial charge < -0.3 is 41.1 Å². The van der Waals surface area contributed by atoms with Gasteiger partial charge in [0.1, 0.15) is 12.1 Å². The van der Waals surface area contributed by atoms with Crippen LogP contribution >= 0.6 is 0 Å². The first-order valence-corrected chi connectivity index (χ1v) is 12.4. The first-order valence-electron chi connectivity index (χ1n) is 12.4. The second-order valence-corrected chi connectivity index (χ2v) is 10.9. The Labute approximate surface area is 226 Å². The molecule has 218 valence electrons. The number of aliphatic hydroxyl groups excluding tert-OH is 1. The van der Waals surface area contributed by atoms with Crippen LogP contribution in [0.15, 0.2) is 24.3 Å². The van der Waals surface area contributed by atoms with E-state index in [9.17, 15) is 34.2 Å². The highest BCUT2D eigenvalue weighted by Crippen LogP contribution is 2.24. The molecule has 0 saturated heterocycles. The maximum absolute atomic E-state index is 12.5. The monoisotopic (exact) mass is 553 g/mol. The van der Waals surface area contributed by atoms with E-state index in [-0.39, 0.29) is 37.2 Å². The number of benzene rings is 1. The first kappa shape index (κ1) is 33.3. The molecule has 39 heavy (non-hydrogen) atoms. The normalized spacial score (nSPS) is 13.2. The van der Waals surface area contributed by atoms with Crippen molar-refractivity contribution < 1.29 is 49.1 Å². The maximum Gasteiger partial charge on any atom is 0.326 e. The number of aliphatic hydroxyl groups is 1. The Morgan fingerprint density at radius 1 is 0.846 bits per heavy atom. The lowest BCUT2D eigenvalue weighted by atomic mass is 9.89. The number of anilines is 1. The number of carboxylic acids is 3. The summed E-state index contributed by atoms with van der Waals surface area (Å²) in [6.07, 6.45) is -0.803. The average Bonchev–Trinajstić information content (AvgIpc) is 2.81. The number of amides is 3. The number of hydrogen-bond acceptors (Lipinski definition) is 7. The fraction of sp³-hybridized carbons (Fsp3) is 0.577. The highest BCUT2D eigenvalue weighted by Gasteiger charge is 2.26. The van der Waals surface area contributed by atoms with Crippen LogP contribution in [0.5, 0.6) is 0 Å². The van der Waals surface area contributed by atoms with E-state index in [1.165, 1.54) is 0 Å². The van der Waals surface area contributed by atoms with Crippen LogP contribution in [0.1, 0.15) is 52.5 Å². The fourth-order valence-electron chi connectivity index (χ4n) is 3.38. The lowest BCUT2D eigenvalue weighted by Crippen LogP contribution is -2.51. The number of aliphatic carboxylic acids is 3. The number of urea groups is 1. The topological polar surface area (TPSA) is 212 Å². The molecule has 0 aliphatic rings. The van der Waals surface area contributed by atoms with Crippen molar-refractivity contribution in [2.45, 2.75) is 65.5 Å². The zero-order valence-corrected chi connectivity index (χ0v) is 22.7. The molecule has 1 rings (SSSR count). The fourth-order valence-corrected chi connectivity index (χ4v) is 3.38. The van der Waals surface area contributed by atoms with Crippen molar-refractivity contribution in [3.8, 4) is 0 Å². The quantitative estimate of drug-likeness (QED) is 0.148. The van der Waals surface area contributed by atoms with E-state index in [4.69, 9.17) is 14.9 Å². The molecule has 0 bridgehead atoms. The largest absolute Gasteiger partial charge is 0.481 e. The Morgan fingerprint density at radius 3 is 1.90 bits per heavy atom. The van der Waals surface area contributed by atoms with E-state index in [0.717, 1.165) is 0 Å². The van der Waals surface area contributed by atoms with Crippen molar-refractivity contribution in [1.82, 2.24) is 10.6 Å². The highest BCUT2D eigenvalue weighted by molar-refractivity contribution is 5.91. The summed E-state index contributed by atoms with van der Waals surface area (Å²) in [5.74, 6) is -4.28. The van der Waals surface area contributed by atoms with Gasteiger partial charge in [-0.1, -0.05) is 39.8 Å². The van der Waals surface area contributed by atoms with Crippen LogP contribution < -0.4 is 16.0 Å². The number of carboxylic acid groups (broad SMARTS) is 3. The Balaban J connectivity index is 2.66. The molecule has 0 aliphatic heterocycles. The van der Waals surface area contributed by atoms with Crippen molar-refractivity contribution in [1.29, 1.82) is 0 Å². The Hall–Kier alpha value is -3.71. The Bertz CT molecular complexity index is 1010. The number of rotatable bonds is 17. The smallest absolute Gasteiger partial charge is 0.326 e. The molecule has 0 aromatic heterocycles. The summed E-state index contributed by atoms with van der Waals surface area (Å²) in [7, 11) is 0. The highest BCUT2D eigenvalue weighted by atomic mass is 16.5. The summed E-state index contributed by atoms with van der Waals surface area (Å²) < 4.78 is 5.68. The third-order valence-corrected chi connectivity index (χ3v) is 5.58. The van der Waals surface area contributed by atoms with Gasteiger partial charge in [-0.3, -0.25) is 9.59 Å². The lowest BCUT2D eigenvalue weighted by Gasteiger charge is -2.27. The van der Waals surface area contributed by atoms with Crippen LogP contribution in [0.4, 0.5) is 10.5 Å². The molecule has 1 aromatic rings. The third-order valence-electron chi connectivity index (χ3n) is 5.58. The van der Waals surface area contributed by atoms with Gasteiger partial charge in [-0.25, -0.2) is 14.4 Å². The van der Waals surface area contributed by atoms with Gasteiger partial charge in [0.2, 0.25) is 5.91 Å². The van der Waals surface area contributed by atoms with Crippen LogP contribution in [-0.4, -0.2) is 82.2 Å². The molecule has 2 atom stereocenters. The van der Waals surface area contributed by atoms with Crippen LogP contribution in [0, 0.1) is 10.8 Å². The molecule has 2 unspecified atom stereocenters. The van der Waals surface area contributed by atoms with Gasteiger partial charge in [0.05, 0.1) is 19.8 Å². The standard InChI is InChI=1S/C26H39N3O10/c1-25(2,14-39-15-26(3,4)13-30)12-20(31)27-17-7-5-16(6-8-17)11-19(23(36)37)29-24(38)28-18(22(34)35)9-10-21(32)33/h5-8,18-19,30H,9-15H2,1-4H3,(H,27,31)(H,32,33)(H,34,35)(H,36,37)(H2,28,29,38). The van der Waals surface area contributed by atoms with E-state index >= 15 is 0 Å². The molecule has 0 saturated carbocycles. The van der Waals surface area contributed by atoms with Crippen LogP contribution in [0.2, 0.25) is 0 Å². The predicted molar refractivity (Wildman–Crippen MR) is 140 cm³/mol. The first-order chi connectivity index (χ1) is 18.0. The van der Waals surface area contributed by atoms with E-state index in [1.54, 1.807) is 24.3 Å². The molecule has 0 radical (unpaired) electrons. The summed E-state index contributed by atoms with van der Waals surface area (Å²) in [6.45, 7) is 8.20. The number of hydrogen-bond donors (Lipinski definition) is 7. The molecule has 13 heteroatoms. The molecule has 13 nitrogen and oxygen atoms in total. The van der Waals surface area contributed by atoms with Crippen LogP contribution in [0.25, 0.3) is 0 Å². The van der Waals surface area contributed by atoms with Crippen molar-refractivity contribution in [3.63, 3.8) is 0 Å². The van der Waals surface area contributed by atoms with Gasteiger partial charge in [0.25, 0.3) is 0 Å². The van der Waals surface area contributed by atoms with E-state index in [1.807, 2.05) is 27.7 Å². The van der Waals surface area contributed by atoms with Gasteiger partial charge in [-0.15, -0.1) is 0 Å². The summed E-state index contributed by atoms with van der Waals surface area (Å²) >= 11 is 0. The van der Waals surface area contributed by atoms with Gasteiger partial charge >= 0.3 is 23.9 Å². The van der Waals surface area contributed by atoms with E-state index in [2.05, 4.69) is 16.0 Å². The Morgan fingerprint density at radius 2 is 1.38 bits per heavy atom. The SMILES string of the molecule is CC(C)(CO)COCC(C)(C)CC(=O)Nc1ccc(CC(NC(=O)NC(CCC(=O)O)C(=O)O)C(=O)O)cc1. The summed E-state index contributed by atoms with van der Waals surface area (Å²) in [5.41, 5.74) is 0.190. The van der Waals surface area contributed by atoms with Crippen LogP contribution in [-0.2, 0) is 30.3 Å². The van der Waals surface area contributed by atoms with Crippen molar-refractivity contribution in [2.24, 2.45) is 10.8 Å². The Kier molecular flexibility index (Phi) is 12.8. The third kappa shape index (κ3) is 13.6. The zero-order chi connectivity index (χ0) is 29.8. The number of nitrogens with one attached hydrogen (secondary N) is 3. The number of carbonyl (C=O) groups excluding carboxylic acids is 2. The van der Waals surface area contributed by atoms with Gasteiger partial charge in [0, 0.05) is 30.4 Å². The minimum atomic E-state index is -1.50. The summed E-state index contributed by atoms with van der Waals surface area (Å²) in [5, 5.41) is 43.7. The lowest BCUT2D eigenvalue weighted by molar-refractivity contribution is -0.140. The molecule has 7 N–H and O–H groups in total. The molecule has 0 fully saturated rings. The molecule has 1 aromatic carbocycles.